The van der Waals surface area contributed by atoms with E-state index in [1.807, 2.05) is 54.7 Å². The molecule has 0 aliphatic rings. The molecule has 0 aliphatic carbocycles. The van der Waals surface area contributed by atoms with Gasteiger partial charge >= 0.3 is 0 Å². The van der Waals surface area contributed by atoms with Crippen LogP contribution in [0.5, 0.6) is 0 Å². The molecular formula is C21H16N3OS2+. The fourth-order valence-electron chi connectivity index (χ4n) is 3.10. The summed E-state index contributed by atoms with van der Waals surface area (Å²) in [6, 6.07) is 18.1. The van der Waals surface area contributed by atoms with Gasteiger partial charge < -0.3 is 4.90 Å². The maximum absolute atomic E-state index is 12.4. The molecule has 6 heteroatoms. The molecule has 0 spiro atoms. The van der Waals surface area contributed by atoms with Crippen LogP contribution in [-0.2, 0) is 0 Å². The lowest BCUT2D eigenvalue weighted by molar-refractivity contribution is -0.287. The number of nitrogens with one attached hydrogen (secondary N) is 1. The number of nitrogens with zero attached hydrogens (tertiary/aromatic N) is 2. The fraction of sp³-hybridized carbons (Fsp3) is 0.0952. The molecule has 0 aliphatic heterocycles. The number of nitriles is 1. The summed E-state index contributed by atoms with van der Waals surface area (Å²) in [7, 11) is 3.51. The lowest BCUT2D eigenvalue weighted by Gasteiger charge is -2.14. The van der Waals surface area contributed by atoms with Gasteiger partial charge in [-0.15, -0.1) is 0 Å². The van der Waals surface area contributed by atoms with E-state index >= 15 is 0 Å². The van der Waals surface area contributed by atoms with Crippen LogP contribution in [0, 0.1) is 11.3 Å². The minimum Gasteiger partial charge on any atom is -0.339 e. The molecule has 0 unspecified atom stereocenters. The summed E-state index contributed by atoms with van der Waals surface area (Å²) in [6.45, 7) is 0. The summed E-state index contributed by atoms with van der Waals surface area (Å²) in [5, 5.41) is 12.5. The van der Waals surface area contributed by atoms with Gasteiger partial charge in [0.2, 0.25) is 0 Å². The lowest BCUT2D eigenvalue weighted by atomic mass is 9.95. The Morgan fingerprint density at radius 3 is 2.63 bits per heavy atom. The Morgan fingerprint density at radius 1 is 1.11 bits per heavy atom. The van der Waals surface area contributed by atoms with Crippen LogP contribution in [0.4, 0.5) is 4.79 Å². The normalized spacial score (nSPS) is 10.9. The van der Waals surface area contributed by atoms with Crippen molar-refractivity contribution in [1.82, 2.24) is 4.90 Å². The van der Waals surface area contributed by atoms with Gasteiger partial charge in [0.15, 0.2) is 6.20 Å². The largest absolute Gasteiger partial charge is 0.339 e. The summed E-state index contributed by atoms with van der Waals surface area (Å²) >= 11 is 2.77. The van der Waals surface area contributed by atoms with Crippen LogP contribution in [-0.4, -0.2) is 24.2 Å². The molecule has 0 radical (unpaired) electrons. The molecule has 27 heavy (non-hydrogen) atoms. The van der Waals surface area contributed by atoms with Crippen molar-refractivity contribution in [3.05, 3.63) is 60.3 Å². The molecular weight excluding hydrogens is 374 g/mol. The number of rotatable bonds is 2. The van der Waals surface area contributed by atoms with Gasteiger partial charge in [-0.2, -0.15) is 9.64 Å². The Bertz CT molecular complexity index is 1220. The van der Waals surface area contributed by atoms with E-state index in [1.54, 1.807) is 30.5 Å². The van der Waals surface area contributed by atoms with Crippen LogP contribution in [0.3, 0.4) is 0 Å². The second-order valence-corrected chi connectivity index (χ2v) is 8.14. The van der Waals surface area contributed by atoms with Gasteiger partial charge in [-0.3, -0.25) is 4.79 Å². The minimum atomic E-state index is -0.0194. The van der Waals surface area contributed by atoms with Crippen molar-refractivity contribution >= 4 is 49.4 Å². The maximum Gasteiger partial charge on any atom is 0.285 e. The number of carbonyl (C=O) groups excluding carboxylic acids is 1. The molecule has 0 bridgehead atoms. The maximum atomic E-state index is 12.4. The molecule has 4 aromatic rings. The predicted molar refractivity (Wildman–Crippen MR) is 111 cm³/mol. The van der Waals surface area contributed by atoms with E-state index in [9.17, 15) is 10.1 Å². The number of amides is 1. The number of aromatic amines is 1. The van der Waals surface area contributed by atoms with Gasteiger partial charge in [0.1, 0.15) is 16.2 Å². The molecule has 1 N–H and O–H groups in total. The zero-order valence-corrected chi connectivity index (χ0v) is 16.4. The van der Waals surface area contributed by atoms with Gasteiger partial charge in [0.05, 0.1) is 17.0 Å². The Hall–Kier alpha value is -2.88. The smallest absolute Gasteiger partial charge is 0.285 e. The van der Waals surface area contributed by atoms with E-state index in [-0.39, 0.29) is 5.24 Å². The van der Waals surface area contributed by atoms with E-state index in [4.69, 9.17) is 0 Å². The molecule has 0 saturated heterocycles. The third-order valence-electron chi connectivity index (χ3n) is 4.40. The van der Waals surface area contributed by atoms with Crippen LogP contribution < -0.4 is 4.37 Å². The van der Waals surface area contributed by atoms with Gasteiger partial charge in [0.25, 0.3) is 5.24 Å². The molecule has 1 amide bonds. The molecule has 4 nitrogen and oxygen atoms in total. The molecule has 132 valence electrons. The van der Waals surface area contributed by atoms with Gasteiger partial charge in [-0.1, -0.05) is 30.3 Å². The minimum absolute atomic E-state index is 0.0194. The first-order valence-corrected chi connectivity index (χ1v) is 9.97. The Balaban J connectivity index is 2.04. The van der Waals surface area contributed by atoms with E-state index in [2.05, 4.69) is 10.4 Å². The average molecular weight is 391 g/mol. The molecule has 3 aromatic carbocycles. The van der Waals surface area contributed by atoms with E-state index in [1.165, 1.54) is 11.8 Å². The topological polar surface area (TPSA) is 58.2 Å². The van der Waals surface area contributed by atoms with Crippen molar-refractivity contribution in [3.63, 3.8) is 0 Å². The summed E-state index contributed by atoms with van der Waals surface area (Å²) in [5.41, 5.74) is 2.71. The first-order valence-electron chi connectivity index (χ1n) is 8.34. The molecule has 0 saturated carbocycles. The van der Waals surface area contributed by atoms with Crippen LogP contribution in [0.1, 0.15) is 5.56 Å². The highest BCUT2D eigenvalue weighted by Gasteiger charge is 2.20. The Morgan fingerprint density at radius 2 is 1.89 bits per heavy atom. The Kier molecular flexibility index (Phi) is 4.56. The van der Waals surface area contributed by atoms with E-state index < -0.39 is 0 Å². The number of thioether (sulfide) groups is 1. The molecule has 1 aromatic heterocycles. The second kappa shape index (κ2) is 7.03. The van der Waals surface area contributed by atoms with Crippen LogP contribution in [0.2, 0.25) is 0 Å². The zero-order chi connectivity index (χ0) is 19.0. The van der Waals surface area contributed by atoms with Crippen molar-refractivity contribution in [2.75, 3.05) is 14.1 Å². The Labute approximate surface area is 165 Å². The SMILES string of the molecule is CN(C)C(=O)Sc1ccc2c[nH+]sc2c1-c1ccc(C#N)c2ccccc12. The molecule has 1 heterocycles. The highest BCUT2D eigenvalue weighted by atomic mass is 32.2. The molecule has 0 atom stereocenters. The number of aromatic nitrogens is 1. The summed E-state index contributed by atoms with van der Waals surface area (Å²) in [4.78, 5) is 14.9. The summed E-state index contributed by atoms with van der Waals surface area (Å²) in [5.74, 6) is 0. The monoisotopic (exact) mass is 390 g/mol. The lowest BCUT2D eigenvalue weighted by Crippen LogP contribution is -2.16. The van der Waals surface area contributed by atoms with Crippen LogP contribution >= 0.6 is 23.3 Å². The van der Waals surface area contributed by atoms with Crippen molar-refractivity contribution < 1.29 is 9.17 Å². The first kappa shape index (κ1) is 17.5. The first-order chi connectivity index (χ1) is 13.1. The molecule has 4 rings (SSSR count). The highest BCUT2D eigenvalue weighted by molar-refractivity contribution is 8.13. The quantitative estimate of drug-likeness (QED) is 0.443. The van der Waals surface area contributed by atoms with Crippen molar-refractivity contribution in [1.29, 1.82) is 5.26 Å². The fourth-order valence-corrected chi connectivity index (χ4v) is 4.85. The highest BCUT2D eigenvalue weighted by Crippen LogP contribution is 2.42. The van der Waals surface area contributed by atoms with E-state index in [0.717, 1.165) is 36.9 Å². The third-order valence-corrected chi connectivity index (χ3v) is 6.38. The number of fused-ring (bicyclic) bond motifs is 2. The van der Waals surface area contributed by atoms with Gasteiger partial charge in [-0.05, 0) is 40.9 Å². The summed E-state index contributed by atoms with van der Waals surface area (Å²) < 4.78 is 4.31. The number of H-pyrrole nitrogens is 1. The average Bonchev–Trinajstić information content (AvgIpc) is 3.16. The van der Waals surface area contributed by atoms with E-state index in [0.29, 0.717) is 5.56 Å². The van der Waals surface area contributed by atoms with Gasteiger partial charge in [-0.25, -0.2) is 0 Å². The van der Waals surface area contributed by atoms with Crippen LogP contribution in [0.25, 0.3) is 32.0 Å². The van der Waals surface area contributed by atoms with Crippen molar-refractivity contribution in [3.8, 4) is 17.2 Å². The number of hydrogen-bond donors (Lipinski definition) is 0. The van der Waals surface area contributed by atoms with Crippen molar-refractivity contribution in [2.45, 2.75) is 4.90 Å². The second-order valence-electron chi connectivity index (χ2n) is 6.30. The number of carbonyl (C=O) groups is 1. The van der Waals surface area contributed by atoms with Crippen LogP contribution in [0.15, 0.2) is 59.6 Å². The number of hydrogen-bond acceptors (Lipinski definition) is 4. The zero-order valence-electron chi connectivity index (χ0n) is 14.8. The standard InChI is InChI=1S/C21H15N3OS2/c1-24(2)21(25)26-18-10-8-14-12-23-27-20(14)19(18)17-9-7-13(11-22)15-5-3-4-6-16(15)17/h3-10,12H,1-2H3/p+1. The molecule has 0 fully saturated rings. The predicted octanol–water partition coefficient (Wildman–Crippen LogP) is 5.18. The summed E-state index contributed by atoms with van der Waals surface area (Å²) in [6.07, 6.45) is 1.97. The third kappa shape index (κ3) is 3.05. The van der Waals surface area contributed by atoms with Crippen molar-refractivity contribution in [2.24, 2.45) is 0 Å². The number of benzene rings is 3. The van der Waals surface area contributed by atoms with Gasteiger partial charge in [0, 0.05) is 29.9 Å².